The second kappa shape index (κ2) is 4.13. The predicted molar refractivity (Wildman–Crippen MR) is 55.6 cm³/mol. The Balaban J connectivity index is 2.00. The lowest BCUT2D eigenvalue weighted by atomic mass is 10.1. The summed E-state index contributed by atoms with van der Waals surface area (Å²) >= 11 is 0. The van der Waals surface area contributed by atoms with Crippen LogP contribution in [0.15, 0.2) is 30.3 Å². The van der Waals surface area contributed by atoms with Crippen LogP contribution in [0.3, 0.4) is 0 Å². The summed E-state index contributed by atoms with van der Waals surface area (Å²) in [6.07, 6.45) is 2.78. The van der Waals surface area contributed by atoms with Gasteiger partial charge in [-0.15, -0.1) is 0 Å². The first-order valence-corrected chi connectivity index (χ1v) is 4.98. The molecule has 0 bridgehead atoms. The maximum Gasteiger partial charge on any atom is 0.240 e. The van der Waals surface area contributed by atoms with Gasteiger partial charge in [0.25, 0.3) is 0 Å². The van der Waals surface area contributed by atoms with E-state index in [0.29, 0.717) is 6.42 Å². The number of hydrogen-bond acceptors (Lipinski definition) is 2. The van der Waals surface area contributed by atoms with E-state index in [1.54, 1.807) is 5.01 Å². The third kappa shape index (κ3) is 2.05. The second-order valence-corrected chi connectivity index (χ2v) is 3.48. The van der Waals surface area contributed by atoms with Crippen LogP contribution in [-0.2, 0) is 4.79 Å². The molecule has 1 N–H and O–H groups in total. The van der Waals surface area contributed by atoms with Crippen LogP contribution in [0, 0.1) is 0 Å². The van der Waals surface area contributed by atoms with Gasteiger partial charge < -0.3 is 0 Å². The largest absolute Gasteiger partial charge is 0.296 e. The fourth-order valence-electron chi connectivity index (χ4n) is 1.59. The minimum atomic E-state index is 0.195. The van der Waals surface area contributed by atoms with Crippen molar-refractivity contribution < 1.29 is 4.79 Å². The summed E-state index contributed by atoms with van der Waals surface area (Å²) in [5.41, 5.74) is 4.09. The summed E-state index contributed by atoms with van der Waals surface area (Å²) in [7, 11) is 0. The Labute approximate surface area is 83.7 Å². The number of nitrogens with zero attached hydrogens (tertiary/aromatic N) is 1. The van der Waals surface area contributed by atoms with Crippen LogP contribution in [0.4, 0.5) is 5.69 Å². The van der Waals surface area contributed by atoms with Gasteiger partial charge in [-0.2, -0.15) is 0 Å². The zero-order valence-electron chi connectivity index (χ0n) is 8.07. The van der Waals surface area contributed by atoms with E-state index in [1.165, 1.54) is 0 Å². The Morgan fingerprint density at radius 1 is 1.14 bits per heavy atom. The first-order valence-electron chi connectivity index (χ1n) is 4.98. The molecule has 0 aromatic heterocycles. The molecular formula is C11H14N2O. The fourth-order valence-corrected chi connectivity index (χ4v) is 1.59. The number of para-hydroxylation sites is 1. The number of hydrazine groups is 1. The minimum absolute atomic E-state index is 0.195. The summed E-state index contributed by atoms with van der Waals surface area (Å²) < 4.78 is 0. The van der Waals surface area contributed by atoms with Crippen LogP contribution in [0.1, 0.15) is 19.3 Å². The van der Waals surface area contributed by atoms with E-state index < -0.39 is 0 Å². The Hall–Kier alpha value is -1.51. The first kappa shape index (κ1) is 9.06. The molecule has 1 aliphatic rings. The molecule has 74 valence electrons. The molecule has 0 radical (unpaired) electrons. The molecule has 0 aliphatic carbocycles. The highest BCUT2D eigenvalue weighted by Gasteiger charge is 2.17. The molecule has 1 aromatic carbocycles. The molecule has 2 rings (SSSR count). The lowest BCUT2D eigenvalue weighted by Gasteiger charge is -2.27. The number of hydrogen-bond donors (Lipinski definition) is 1. The highest BCUT2D eigenvalue weighted by atomic mass is 16.2. The maximum absolute atomic E-state index is 11.5. The molecule has 1 amide bonds. The van der Waals surface area contributed by atoms with E-state index >= 15 is 0 Å². The van der Waals surface area contributed by atoms with Gasteiger partial charge in [0, 0.05) is 13.0 Å². The number of rotatable bonds is 2. The summed E-state index contributed by atoms with van der Waals surface area (Å²) in [6.45, 7) is 0.813. The first-order chi connectivity index (χ1) is 6.86. The average molecular weight is 190 g/mol. The van der Waals surface area contributed by atoms with Crippen molar-refractivity contribution in [1.82, 2.24) is 5.01 Å². The smallest absolute Gasteiger partial charge is 0.240 e. The van der Waals surface area contributed by atoms with Crippen LogP contribution in [0.25, 0.3) is 0 Å². The topological polar surface area (TPSA) is 32.3 Å². The molecule has 0 atom stereocenters. The van der Waals surface area contributed by atoms with E-state index in [4.69, 9.17) is 0 Å². The van der Waals surface area contributed by atoms with Crippen molar-refractivity contribution in [2.45, 2.75) is 19.3 Å². The summed E-state index contributed by atoms with van der Waals surface area (Å²) in [5.74, 6) is 0.195. The van der Waals surface area contributed by atoms with Crippen LogP contribution >= 0.6 is 0 Å². The van der Waals surface area contributed by atoms with Crippen molar-refractivity contribution in [3.8, 4) is 0 Å². The Bertz CT molecular complexity index is 310. The van der Waals surface area contributed by atoms with Crippen molar-refractivity contribution in [3.63, 3.8) is 0 Å². The summed E-state index contributed by atoms with van der Waals surface area (Å²) in [4.78, 5) is 11.5. The molecule has 3 nitrogen and oxygen atoms in total. The van der Waals surface area contributed by atoms with Crippen molar-refractivity contribution in [3.05, 3.63) is 30.3 Å². The van der Waals surface area contributed by atoms with E-state index in [0.717, 1.165) is 25.1 Å². The van der Waals surface area contributed by atoms with Gasteiger partial charge in [-0.1, -0.05) is 18.2 Å². The maximum atomic E-state index is 11.5. The van der Waals surface area contributed by atoms with Gasteiger partial charge in [0.2, 0.25) is 5.91 Å². The normalized spacial score (nSPS) is 16.9. The lowest BCUT2D eigenvalue weighted by molar-refractivity contribution is -0.131. The van der Waals surface area contributed by atoms with E-state index in [2.05, 4.69) is 5.43 Å². The fraction of sp³-hybridized carbons (Fsp3) is 0.364. The van der Waals surface area contributed by atoms with Gasteiger partial charge in [-0.05, 0) is 25.0 Å². The van der Waals surface area contributed by atoms with Crippen molar-refractivity contribution in [2.75, 3.05) is 12.0 Å². The quantitative estimate of drug-likeness (QED) is 0.773. The van der Waals surface area contributed by atoms with Gasteiger partial charge >= 0.3 is 0 Å². The lowest BCUT2D eigenvalue weighted by Crippen LogP contribution is -2.39. The monoisotopic (exact) mass is 190 g/mol. The standard InChI is InChI=1S/C11H14N2O/c14-11-8-4-5-9-13(11)12-10-6-2-1-3-7-10/h1-3,6-7,12H,4-5,8-9H2. The van der Waals surface area contributed by atoms with Gasteiger partial charge in [-0.25, -0.2) is 0 Å². The predicted octanol–water partition coefficient (Wildman–Crippen LogP) is 2.03. The van der Waals surface area contributed by atoms with Crippen LogP contribution < -0.4 is 5.43 Å². The highest BCUT2D eigenvalue weighted by Crippen LogP contribution is 2.13. The van der Waals surface area contributed by atoms with Gasteiger partial charge in [0.15, 0.2) is 0 Å². The molecule has 1 heterocycles. The zero-order chi connectivity index (χ0) is 9.80. The molecule has 1 fully saturated rings. The van der Waals surface area contributed by atoms with Gasteiger partial charge in [0.05, 0.1) is 5.69 Å². The molecule has 1 aliphatic heterocycles. The molecule has 3 heteroatoms. The second-order valence-electron chi connectivity index (χ2n) is 3.48. The Morgan fingerprint density at radius 2 is 1.93 bits per heavy atom. The molecule has 1 aromatic rings. The number of benzene rings is 1. The number of nitrogens with one attached hydrogen (secondary N) is 1. The minimum Gasteiger partial charge on any atom is -0.296 e. The number of anilines is 1. The van der Waals surface area contributed by atoms with Crippen LogP contribution in [0.5, 0.6) is 0 Å². The Kier molecular flexibility index (Phi) is 2.68. The molecule has 0 saturated carbocycles. The average Bonchev–Trinajstić information content (AvgIpc) is 2.23. The molecule has 14 heavy (non-hydrogen) atoms. The van der Waals surface area contributed by atoms with Crippen molar-refractivity contribution in [2.24, 2.45) is 0 Å². The summed E-state index contributed by atoms with van der Waals surface area (Å²) in [6, 6.07) is 9.79. The van der Waals surface area contributed by atoms with E-state index in [9.17, 15) is 4.79 Å². The van der Waals surface area contributed by atoms with Crippen LogP contribution in [-0.4, -0.2) is 17.5 Å². The van der Waals surface area contributed by atoms with Gasteiger partial charge in [0.1, 0.15) is 0 Å². The number of carbonyl (C=O) groups is 1. The SMILES string of the molecule is O=C1CCCCN1Nc1ccccc1. The van der Waals surface area contributed by atoms with E-state index in [1.807, 2.05) is 30.3 Å². The van der Waals surface area contributed by atoms with Crippen molar-refractivity contribution >= 4 is 11.6 Å². The molecule has 1 saturated heterocycles. The molecular weight excluding hydrogens is 176 g/mol. The van der Waals surface area contributed by atoms with E-state index in [-0.39, 0.29) is 5.91 Å². The van der Waals surface area contributed by atoms with Crippen LogP contribution in [0.2, 0.25) is 0 Å². The Morgan fingerprint density at radius 3 is 2.64 bits per heavy atom. The number of piperidine rings is 1. The molecule has 0 unspecified atom stereocenters. The number of carbonyl (C=O) groups excluding carboxylic acids is 1. The summed E-state index contributed by atoms with van der Waals surface area (Å²) in [5, 5.41) is 1.71. The number of amides is 1. The zero-order valence-corrected chi connectivity index (χ0v) is 8.07. The molecule has 0 spiro atoms. The third-order valence-corrected chi connectivity index (χ3v) is 2.36. The van der Waals surface area contributed by atoms with Gasteiger partial charge in [-0.3, -0.25) is 15.2 Å². The highest BCUT2D eigenvalue weighted by molar-refractivity contribution is 5.78. The van der Waals surface area contributed by atoms with Crippen molar-refractivity contribution in [1.29, 1.82) is 0 Å². The third-order valence-electron chi connectivity index (χ3n) is 2.36.